The highest BCUT2D eigenvalue weighted by Crippen LogP contribution is 2.40. The lowest BCUT2D eigenvalue weighted by atomic mass is 9.79. The average molecular weight is 443 g/mol. The van der Waals surface area contributed by atoms with E-state index in [1.165, 1.54) is 29.7 Å². The van der Waals surface area contributed by atoms with Crippen molar-refractivity contribution in [3.05, 3.63) is 51.5 Å². The van der Waals surface area contributed by atoms with Gasteiger partial charge in [0.2, 0.25) is 0 Å². The molecule has 1 fully saturated rings. The fraction of sp³-hybridized carbons (Fsp3) is 0.450. The first kappa shape index (κ1) is 23.8. The van der Waals surface area contributed by atoms with Crippen LogP contribution in [0.1, 0.15) is 51.6 Å². The van der Waals surface area contributed by atoms with E-state index in [1.54, 1.807) is 0 Å². The molecule has 0 unspecified atom stereocenters. The predicted octanol–water partition coefficient (Wildman–Crippen LogP) is 3.79. The van der Waals surface area contributed by atoms with Gasteiger partial charge in [-0.15, -0.1) is 11.3 Å². The zero-order chi connectivity index (χ0) is 22.4. The Morgan fingerprint density at radius 3 is 2.27 bits per heavy atom. The lowest BCUT2D eigenvalue weighted by Crippen LogP contribution is -2.39. The quantitative estimate of drug-likeness (QED) is 0.652. The first-order valence-corrected chi connectivity index (χ1v) is 10.2. The summed E-state index contributed by atoms with van der Waals surface area (Å²) in [6.45, 7) is 2.98. The van der Waals surface area contributed by atoms with E-state index in [0.717, 1.165) is 22.7 Å². The number of hydrogen-bond acceptors (Lipinski definition) is 5. The maximum absolute atomic E-state index is 12.5. The number of aromatic nitrogens is 1. The molecule has 1 aromatic heterocycles. The largest absolute Gasteiger partial charge is 0.490 e. The van der Waals surface area contributed by atoms with Gasteiger partial charge in [0.25, 0.3) is 5.91 Å². The second kappa shape index (κ2) is 10.0. The third kappa shape index (κ3) is 6.02. The Kier molecular flexibility index (Phi) is 7.96. The molecule has 0 bridgehead atoms. The summed E-state index contributed by atoms with van der Waals surface area (Å²) < 4.78 is 31.7. The summed E-state index contributed by atoms with van der Waals surface area (Å²) >= 11 is 1.50. The fourth-order valence-electron chi connectivity index (χ4n) is 3.49. The topological polar surface area (TPSA) is 105 Å². The van der Waals surface area contributed by atoms with Crippen LogP contribution in [0.3, 0.4) is 0 Å². The van der Waals surface area contributed by atoms with Crippen LogP contribution in [0.2, 0.25) is 0 Å². The number of aryl methyl sites for hydroxylation is 1. The van der Waals surface area contributed by atoms with E-state index in [-0.39, 0.29) is 11.3 Å². The summed E-state index contributed by atoms with van der Waals surface area (Å²) in [7, 11) is 0. The molecule has 1 heterocycles. The van der Waals surface area contributed by atoms with Gasteiger partial charge in [0, 0.05) is 23.4 Å². The van der Waals surface area contributed by atoms with Crippen molar-refractivity contribution in [2.24, 2.45) is 5.73 Å². The van der Waals surface area contributed by atoms with Crippen molar-refractivity contribution in [1.82, 2.24) is 10.3 Å². The molecule has 0 saturated heterocycles. The van der Waals surface area contributed by atoms with Crippen LogP contribution in [0.4, 0.5) is 13.2 Å². The van der Waals surface area contributed by atoms with Crippen molar-refractivity contribution in [1.29, 1.82) is 0 Å². The normalized spacial score (nSPS) is 15.2. The number of halogens is 3. The SMILES string of the molecule is Cc1sc(CN)nc1C(=O)NCC1(c2ccccc2)CCCC1.O=C(O)C(F)(F)F. The van der Waals surface area contributed by atoms with Crippen molar-refractivity contribution in [2.45, 2.75) is 50.7 Å². The second-order valence-corrected chi connectivity index (χ2v) is 8.34. The molecule has 3 rings (SSSR count). The zero-order valence-electron chi connectivity index (χ0n) is 16.5. The standard InChI is InChI=1S/C18H23N3OS.C2HF3O2/c1-13-16(21-15(11-19)23-13)17(22)20-12-18(9-5-6-10-18)14-7-3-2-4-8-14;3-2(4,5)1(6)7/h2-4,7-8H,5-6,9-12,19H2,1H3,(H,20,22);(H,6,7). The Labute approximate surface area is 176 Å². The molecule has 0 spiro atoms. The highest BCUT2D eigenvalue weighted by Gasteiger charge is 2.38. The van der Waals surface area contributed by atoms with E-state index < -0.39 is 12.1 Å². The minimum absolute atomic E-state index is 0.0670. The van der Waals surface area contributed by atoms with Crippen molar-refractivity contribution in [3.8, 4) is 0 Å². The van der Waals surface area contributed by atoms with Gasteiger partial charge in [0.1, 0.15) is 10.7 Å². The molecule has 4 N–H and O–H groups in total. The minimum atomic E-state index is -5.08. The summed E-state index contributed by atoms with van der Waals surface area (Å²) in [5, 5.41) is 11.1. The number of carboxylic acid groups (broad SMARTS) is 1. The molecule has 0 atom stereocenters. The maximum Gasteiger partial charge on any atom is 0.490 e. The minimum Gasteiger partial charge on any atom is -0.475 e. The molecule has 1 aromatic carbocycles. The molecule has 164 valence electrons. The molecule has 1 amide bonds. The number of benzene rings is 1. The molecule has 1 aliphatic rings. The molecule has 30 heavy (non-hydrogen) atoms. The van der Waals surface area contributed by atoms with E-state index >= 15 is 0 Å². The number of rotatable bonds is 5. The first-order chi connectivity index (χ1) is 14.1. The number of alkyl halides is 3. The number of amides is 1. The van der Waals surface area contributed by atoms with E-state index in [2.05, 4.69) is 34.6 Å². The van der Waals surface area contributed by atoms with Gasteiger partial charge in [-0.2, -0.15) is 13.2 Å². The van der Waals surface area contributed by atoms with Crippen molar-refractivity contribution in [3.63, 3.8) is 0 Å². The Morgan fingerprint density at radius 2 is 1.80 bits per heavy atom. The van der Waals surface area contributed by atoms with Crippen LogP contribution >= 0.6 is 11.3 Å². The maximum atomic E-state index is 12.5. The fourth-order valence-corrected chi connectivity index (χ4v) is 4.30. The van der Waals surface area contributed by atoms with Crippen LogP contribution in [0.15, 0.2) is 30.3 Å². The van der Waals surface area contributed by atoms with Gasteiger partial charge in [-0.1, -0.05) is 43.2 Å². The van der Waals surface area contributed by atoms with Gasteiger partial charge in [-0.25, -0.2) is 9.78 Å². The summed E-state index contributed by atoms with van der Waals surface area (Å²) in [4.78, 5) is 26.7. The number of carboxylic acids is 1. The van der Waals surface area contributed by atoms with Crippen LogP contribution in [-0.2, 0) is 16.8 Å². The van der Waals surface area contributed by atoms with Gasteiger partial charge in [0.15, 0.2) is 0 Å². The number of thiazole rings is 1. The Hall–Kier alpha value is -2.46. The third-order valence-electron chi connectivity index (χ3n) is 5.01. The first-order valence-electron chi connectivity index (χ1n) is 9.39. The van der Waals surface area contributed by atoms with Crippen molar-refractivity contribution in [2.75, 3.05) is 6.54 Å². The average Bonchev–Trinajstić information content (AvgIpc) is 3.34. The smallest absolute Gasteiger partial charge is 0.475 e. The highest BCUT2D eigenvalue weighted by molar-refractivity contribution is 7.11. The van der Waals surface area contributed by atoms with Gasteiger partial charge < -0.3 is 16.2 Å². The van der Waals surface area contributed by atoms with Gasteiger partial charge >= 0.3 is 12.1 Å². The molecule has 1 aliphatic carbocycles. The summed E-state index contributed by atoms with van der Waals surface area (Å²) in [5.74, 6) is -2.84. The van der Waals surface area contributed by atoms with E-state index in [9.17, 15) is 18.0 Å². The molecule has 0 radical (unpaired) electrons. The third-order valence-corrected chi connectivity index (χ3v) is 6.00. The number of carbonyl (C=O) groups is 2. The Morgan fingerprint density at radius 1 is 1.23 bits per heavy atom. The number of nitrogens with two attached hydrogens (primary N) is 1. The lowest BCUT2D eigenvalue weighted by molar-refractivity contribution is -0.192. The Balaban J connectivity index is 0.000000396. The lowest BCUT2D eigenvalue weighted by Gasteiger charge is -2.30. The van der Waals surface area contributed by atoms with Gasteiger partial charge in [-0.3, -0.25) is 4.79 Å². The van der Waals surface area contributed by atoms with Crippen molar-refractivity contribution >= 4 is 23.2 Å². The second-order valence-electron chi connectivity index (χ2n) is 7.06. The number of aliphatic carboxylic acids is 1. The molecule has 6 nitrogen and oxygen atoms in total. The summed E-state index contributed by atoms with van der Waals surface area (Å²) in [5.41, 5.74) is 7.54. The van der Waals surface area contributed by atoms with Gasteiger partial charge in [0.05, 0.1) is 0 Å². The number of hydrogen-bond donors (Lipinski definition) is 3. The molecule has 0 aliphatic heterocycles. The number of nitrogens with one attached hydrogen (secondary N) is 1. The van der Waals surface area contributed by atoms with Crippen LogP contribution in [-0.4, -0.2) is 34.7 Å². The van der Waals surface area contributed by atoms with E-state index in [0.29, 0.717) is 18.8 Å². The van der Waals surface area contributed by atoms with Crippen LogP contribution in [0.5, 0.6) is 0 Å². The van der Waals surface area contributed by atoms with E-state index in [4.69, 9.17) is 15.6 Å². The zero-order valence-corrected chi connectivity index (χ0v) is 17.3. The van der Waals surface area contributed by atoms with E-state index in [1.807, 2.05) is 13.0 Å². The predicted molar refractivity (Wildman–Crippen MR) is 107 cm³/mol. The number of nitrogens with zero attached hydrogens (tertiary/aromatic N) is 1. The van der Waals surface area contributed by atoms with Crippen LogP contribution in [0, 0.1) is 6.92 Å². The van der Waals surface area contributed by atoms with Crippen LogP contribution in [0.25, 0.3) is 0 Å². The molecule has 10 heteroatoms. The van der Waals surface area contributed by atoms with Gasteiger partial charge in [-0.05, 0) is 25.3 Å². The molecule has 1 saturated carbocycles. The number of carbonyl (C=O) groups excluding carboxylic acids is 1. The Bertz CT molecular complexity index is 863. The molecule has 2 aromatic rings. The summed E-state index contributed by atoms with van der Waals surface area (Å²) in [6.07, 6.45) is -0.390. The monoisotopic (exact) mass is 443 g/mol. The van der Waals surface area contributed by atoms with Crippen LogP contribution < -0.4 is 11.1 Å². The molecular formula is C20H24F3N3O3S. The van der Waals surface area contributed by atoms with Crippen molar-refractivity contribution < 1.29 is 27.9 Å². The highest BCUT2D eigenvalue weighted by atomic mass is 32.1. The molecular weight excluding hydrogens is 419 g/mol. The summed E-state index contributed by atoms with van der Waals surface area (Å²) in [6, 6.07) is 10.6.